The van der Waals surface area contributed by atoms with Crippen molar-refractivity contribution in [2.24, 2.45) is 5.73 Å². The van der Waals surface area contributed by atoms with E-state index in [1.165, 1.54) is 16.6 Å². The molecule has 0 saturated carbocycles. The van der Waals surface area contributed by atoms with Gasteiger partial charge in [-0.1, -0.05) is 18.2 Å². The molecule has 0 bridgehead atoms. The van der Waals surface area contributed by atoms with Crippen LogP contribution in [-0.2, 0) is 17.8 Å². The van der Waals surface area contributed by atoms with Gasteiger partial charge in [0.2, 0.25) is 0 Å². The second kappa shape index (κ2) is 5.84. The number of unbranched alkanes of at least 4 members (excludes halogenated alkanes) is 1. The summed E-state index contributed by atoms with van der Waals surface area (Å²) in [6.07, 6.45) is 2.21. The number of aryl methyl sites for hydroxylation is 1. The zero-order chi connectivity index (χ0) is 12.1. The van der Waals surface area contributed by atoms with Crippen molar-refractivity contribution in [1.82, 2.24) is 4.57 Å². The Morgan fingerprint density at radius 1 is 1.24 bits per heavy atom. The van der Waals surface area contributed by atoms with Gasteiger partial charge in [0.15, 0.2) is 0 Å². The highest BCUT2D eigenvalue weighted by molar-refractivity contribution is 5.81. The number of methoxy groups -OCH3 is 1. The quantitative estimate of drug-likeness (QED) is 0.777. The Kier molecular flexibility index (Phi) is 4.18. The van der Waals surface area contributed by atoms with Gasteiger partial charge < -0.3 is 15.0 Å². The Bertz CT molecular complexity index is 476. The first-order chi connectivity index (χ1) is 8.36. The summed E-state index contributed by atoms with van der Waals surface area (Å²) in [6.45, 7) is 2.44. The van der Waals surface area contributed by atoms with Crippen molar-refractivity contribution >= 4 is 10.9 Å². The number of benzene rings is 1. The van der Waals surface area contributed by atoms with Gasteiger partial charge in [-0.2, -0.15) is 0 Å². The molecule has 1 aromatic carbocycles. The van der Waals surface area contributed by atoms with Gasteiger partial charge >= 0.3 is 0 Å². The van der Waals surface area contributed by atoms with Gasteiger partial charge in [0.05, 0.1) is 0 Å². The third kappa shape index (κ3) is 2.68. The molecule has 0 aliphatic carbocycles. The van der Waals surface area contributed by atoms with Crippen LogP contribution in [0, 0.1) is 0 Å². The van der Waals surface area contributed by atoms with Gasteiger partial charge in [0.1, 0.15) is 0 Å². The Balaban J connectivity index is 2.18. The molecule has 1 aromatic heterocycles. The first kappa shape index (κ1) is 12.1. The van der Waals surface area contributed by atoms with Crippen molar-refractivity contribution in [2.75, 3.05) is 13.7 Å². The number of hydrogen-bond acceptors (Lipinski definition) is 2. The highest BCUT2D eigenvalue weighted by atomic mass is 16.5. The van der Waals surface area contributed by atoms with E-state index in [0.717, 1.165) is 26.0 Å². The van der Waals surface area contributed by atoms with Crippen LogP contribution >= 0.6 is 0 Å². The fraction of sp³-hybridized carbons (Fsp3) is 0.429. The number of fused-ring (bicyclic) bond motifs is 1. The van der Waals surface area contributed by atoms with Crippen LogP contribution in [0.3, 0.4) is 0 Å². The largest absolute Gasteiger partial charge is 0.385 e. The van der Waals surface area contributed by atoms with Gasteiger partial charge in [-0.15, -0.1) is 0 Å². The average molecular weight is 232 g/mol. The molecule has 2 aromatic rings. The van der Waals surface area contributed by atoms with Crippen LogP contribution < -0.4 is 5.73 Å². The summed E-state index contributed by atoms with van der Waals surface area (Å²) in [5.74, 6) is 0. The molecule has 0 spiro atoms. The number of rotatable bonds is 6. The lowest BCUT2D eigenvalue weighted by Crippen LogP contribution is -2.07. The lowest BCUT2D eigenvalue weighted by molar-refractivity contribution is 0.191. The van der Waals surface area contributed by atoms with E-state index in [1.807, 2.05) is 0 Å². The van der Waals surface area contributed by atoms with Crippen molar-refractivity contribution < 1.29 is 4.74 Å². The van der Waals surface area contributed by atoms with E-state index < -0.39 is 0 Å². The summed E-state index contributed by atoms with van der Waals surface area (Å²) in [6, 6.07) is 10.6. The summed E-state index contributed by atoms with van der Waals surface area (Å²) in [5.41, 5.74) is 8.29. The molecular formula is C14H20N2O. The summed E-state index contributed by atoms with van der Waals surface area (Å²) in [4.78, 5) is 0. The Morgan fingerprint density at radius 2 is 2.06 bits per heavy atom. The molecule has 0 atom stereocenters. The SMILES string of the molecule is COCCCCn1c(CN)cc2ccccc21. The van der Waals surface area contributed by atoms with Crippen molar-refractivity contribution in [1.29, 1.82) is 0 Å². The zero-order valence-corrected chi connectivity index (χ0v) is 10.4. The highest BCUT2D eigenvalue weighted by Crippen LogP contribution is 2.20. The fourth-order valence-electron chi connectivity index (χ4n) is 2.22. The van der Waals surface area contributed by atoms with Gasteiger partial charge in [-0.05, 0) is 30.4 Å². The van der Waals surface area contributed by atoms with Gasteiger partial charge in [-0.3, -0.25) is 0 Å². The molecule has 0 amide bonds. The van der Waals surface area contributed by atoms with Crippen LogP contribution in [0.2, 0.25) is 0 Å². The second-order valence-electron chi connectivity index (χ2n) is 4.25. The normalized spacial score (nSPS) is 11.2. The molecule has 0 saturated heterocycles. The molecule has 92 valence electrons. The van der Waals surface area contributed by atoms with E-state index in [2.05, 4.69) is 34.9 Å². The maximum absolute atomic E-state index is 5.80. The van der Waals surface area contributed by atoms with E-state index >= 15 is 0 Å². The molecular weight excluding hydrogens is 212 g/mol. The van der Waals surface area contributed by atoms with Gasteiger partial charge in [-0.25, -0.2) is 0 Å². The average Bonchev–Trinajstić information content (AvgIpc) is 2.73. The predicted molar refractivity (Wildman–Crippen MR) is 70.9 cm³/mol. The third-order valence-corrected chi connectivity index (χ3v) is 3.09. The summed E-state index contributed by atoms with van der Waals surface area (Å²) in [5, 5.41) is 1.28. The van der Waals surface area contributed by atoms with Gasteiger partial charge in [0, 0.05) is 38.0 Å². The molecule has 3 nitrogen and oxygen atoms in total. The lowest BCUT2D eigenvalue weighted by Gasteiger charge is -2.09. The maximum atomic E-state index is 5.80. The second-order valence-corrected chi connectivity index (χ2v) is 4.25. The van der Waals surface area contributed by atoms with Crippen LogP contribution in [0.15, 0.2) is 30.3 Å². The number of ether oxygens (including phenoxy) is 1. The number of para-hydroxylation sites is 1. The van der Waals surface area contributed by atoms with Crippen LogP contribution in [0.1, 0.15) is 18.5 Å². The van der Waals surface area contributed by atoms with Crippen molar-refractivity contribution in [3.8, 4) is 0 Å². The monoisotopic (exact) mass is 232 g/mol. The van der Waals surface area contributed by atoms with Gasteiger partial charge in [0.25, 0.3) is 0 Å². The van der Waals surface area contributed by atoms with Crippen LogP contribution in [0.4, 0.5) is 0 Å². The number of hydrogen-bond donors (Lipinski definition) is 1. The Labute approximate surface area is 102 Å². The first-order valence-electron chi connectivity index (χ1n) is 6.13. The smallest absolute Gasteiger partial charge is 0.0482 e. The van der Waals surface area contributed by atoms with Crippen molar-refractivity contribution in [3.63, 3.8) is 0 Å². The van der Waals surface area contributed by atoms with Crippen LogP contribution in [-0.4, -0.2) is 18.3 Å². The van der Waals surface area contributed by atoms with Crippen molar-refractivity contribution in [3.05, 3.63) is 36.0 Å². The molecule has 0 fully saturated rings. The van der Waals surface area contributed by atoms with Crippen molar-refractivity contribution in [2.45, 2.75) is 25.9 Å². The number of aromatic nitrogens is 1. The third-order valence-electron chi connectivity index (χ3n) is 3.09. The van der Waals surface area contributed by atoms with Crippen LogP contribution in [0.25, 0.3) is 10.9 Å². The predicted octanol–water partition coefficient (Wildman–Crippen LogP) is 2.53. The summed E-state index contributed by atoms with van der Waals surface area (Å²) < 4.78 is 7.40. The van der Waals surface area contributed by atoms with E-state index in [1.54, 1.807) is 7.11 Å². The topological polar surface area (TPSA) is 40.2 Å². The minimum Gasteiger partial charge on any atom is -0.385 e. The zero-order valence-electron chi connectivity index (χ0n) is 10.4. The van der Waals surface area contributed by atoms with E-state index in [-0.39, 0.29) is 0 Å². The standard InChI is InChI=1S/C14H20N2O/c1-17-9-5-4-8-16-13(11-15)10-12-6-2-3-7-14(12)16/h2-3,6-7,10H,4-5,8-9,11,15H2,1H3. The molecule has 0 aliphatic heterocycles. The molecule has 0 radical (unpaired) electrons. The molecule has 1 heterocycles. The minimum atomic E-state index is 0.596. The summed E-state index contributed by atoms with van der Waals surface area (Å²) in [7, 11) is 1.75. The number of nitrogens with zero attached hydrogens (tertiary/aromatic N) is 1. The summed E-state index contributed by atoms with van der Waals surface area (Å²) >= 11 is 0. The lowest BCUT2D eigenvalue weighted by atomic mass is 10.2. The maximum Gasteiger partial charge on any atom is 0.0482 e. The molecule has 17 heavy (non-hydrogen) atoms. The highest BCUT2D eigenvalue weighted by Gasteiger charge is 2.06. The Hall–Kier alpha value is -1.32. The first-order valence-corrected chi connectivity index (χ1v) is 6.13. The van der Waals surface area contributed by atoms with E-state index in [9.17, 15) is 0 Å². The number of nitrogens with two attached hydrogens (primary N) is 1. The molecule has 0 aliphatic rings. The van der Waals surface area contributed by atoms with E-state index in [4.69, 9.17) is 10.5 Å². The fourth-order valence-corrected chi connectivity index (χ4v) is 2.22. The molecule has 2 rings (SSSR count). The Morgan fingerprint density at radius 3 is 2.82 bits per heavy atom. The van der Waals surface area contributed by atoms with E-state index in [0.29, 0.717) is 6.54 Å². The minimum absolute atomic E-state index is 0.596. The molecule has 2 N–H and O–H groups in total. The molecule has 0 unspecified atom stereocenters. The molecule has 3 heteroatoms. The van der Waals surface area contributed by atoms with Crippen LogP contribution in [0.5, 0.6) is 0 Å².